The van der Waals surface area contributed by atoms with Gasteiger partial charge in [0.2, 0.25) is 0 Å². The van der Waals surface area contributed by atoms with Gasteiger partial charge in [0, 0.05) is 23.0 Å². The SMILES string of the molecule is CCC(=O)c1ccc(Cn2c(=O)n(CCc3ccccc3Br)c(=O)c3ccccc32)cc1. The molecule has 0 radical (unpaired) electrons. The molecular weight excluding hydrogens is 468 g/mol. The van der Waals surface area contributed by atoms with Gasteiger partial charge in [0.15, 0.2) is 5.78 Å². The molecule has 0 saturated heterocycles. The van der Waals surface area contributed by atoms with Gasteiger partial charge in [-0.3, -0.25) is 18.7 Å². The monoisotopic (exact) mass is 490 g/mol. The van der Waals surface area contributed by atoms with Gasteiger partial charge in [-0.1, -0.05) is 77.5 Å². The highest BCUT2D eigenvalue weighted by Gasteiger charge is 2.14. The van der Waals surface area contributed by atoms with Crippen LogP contribution in [0.15, 0.2) is 86.9 Å². The van der Waals surface area contributed by atoms with Gasteiger partial charge in [0.1, 0.15) is 0 Å². The van der Waals surface area contributed by atoms with Crippen molar-refractivity contribution in [2.24, 2.45) is 0 Å². The molecule has 0 fully saturated rings. The smallest absolute Gasteiger partial charge is 0.294 e. The fourth-order valence-corrected chi connectivity index (χ4v) is 4.32. The summed E-state index contributed by atoms with van der Waals surface area (Å²) in [5.41, 5.74) is 2.57. The summed E-state index contributed by atoms with van der Waals surface area (Å²) in [4.78, 5) is 38.4. The molecule has 1 heterocycles. The summed E-state index contributed by atoms with van der Waals surface area (Å²) < 4.78 is 3.90. The van der Waals surface area contributed by atoms with E-state index in [0.29, 0.717) is 35.9 Å². The van der Waals surface area contributed by atoms with E-state index in [4.69, 9.17) is 0 Å². The van der Waals surface area contributed by atoms with E-state index >= 15 is 0 Å². The Morgan fingerprint density at radius 1 is 0.875 bits per heavy atom. The van der Waals surface area contributed by atoms with Crippen molar-refractivity contribution in [1.29, 1.82) is 0 Å². The van der Waals surface area contributed by atoms with E-state index in [-0.39, 0.29) is 23.6 Å². The lowest BCUT2D eigenvalue weighted by Crippen LogP contribution is -2.40. The van der Waals surface area contributed by atoms with Crippen LogP contribution in [-0.2, 0) is 19.5 Å². The Morgan fingerprint density at radius 3 is 2.28 bits per heavy atom. The highest BCUT2D eigenvalue weighted by Crippen LogP contribution is 2.17. The minimum absolute atomic E-state index is 0.0831. The molecule has 0 aliphatic carbocycles. The quantitative estimate of drug-likeness (QED) is 0.349. The summed E-state index contributed by atoms with van der Waals surface area (Å²) in [5, 5.41) is 0.511. The van der Waals surface area contributed by atoms with Gasteiger partial charge >= 0.3 is 5.69 Å². The minimum atomic E-state index is -0.338. The number of carbonyl (C=O) groups is 1. The minimum Gasteiger partial charge on any atom is -0.294 e. The molecule has 5 nitrogen and oxygen atoms in total. The average Bonchev–Trinajstić information content (AvgIpc) is 2.82. The molecule has 6 heteroatoms. The second kappa shape index (κ2) is 9.49. The Labute approximate surface area is 194 Å². The lowest BCUT2D eigenvalue weighted by molar-refractivity contribution is 0.0988. The maximum Gasteiger partial charge on any atom is 0.331 e. The zero-order chi connectivity index (χ0) is 22.7. The molecule has 0 unspecified atom stereocenters. The summed E-state index contributed by atoms with van der Waals surface area (Å²) >= 11 is 3.53. The van der Waals surface area contributed by atoms with Crippen LogP contribution in [0.5, 0.6) is 0 Å². The highest BCUT2D eigenvalue weighted by molar-refractivity contribution is 9.10. The van der Waals surface area contributed by atoms with Crippen molar-refractivity contribution >= 4 is 32.6 Å². The van der Waals surface area contributed by atoms with Crippen molar-refractivity contribution in [1.82, 2.24) is 9.13 Å². The molecule has 3 aromatic carbocycles. The zero-order valence-electron chi connectivity index (χ0n) is 17.8. The zero-order valence-corrected chi connectivity index (χ0v) is 19.3. The van der Waals surface area contributed by atoms with Crippen molar-refractivity contribution in [2.75, 3.05) is 0 Å². The molecule has 0 N–H and O–H groups in total. The number of halogens is 1. The number of rotatable bonds is 7. The Morgan fingerprint density at radius 2 is 1.56 bits per heavy atom. The lowest BCUT2D eigenvalue weighted by Gasteiger charge is -2.15. The number of nitrogens with zero attached hydrogens (tertiary/aromatic N) is 2. The van der Waals surface area contributed by atoms with E-state index in [0.717, 1.165) is 15.6 Å². The number of hydrogen-bond acceptors (Lipinski definition) is 3. The molecule has 0 spiro atoms. The molecule has 0 aliphatic heterocycles. The van der Waals surface area contributed by atoms with Gasteiger partial charge in [-0.05, 0) is 35.7 Å². The second-order valence-electron chi connectivity index (χ2n) is 7.66. The van der Waals surface area contributed by atoms with Crippen molar-refractivity contribution in [3.8, 4) is 0 Å². The molecule has 0 atom stereocenters. The van der Waals surface area contributed by atoms with E-state index in [2.05, 4.69) is 15.9 Å². The molecule has 1 aromatic heterocycles. The number of ketones is 1. The predicted octanol–water partition coefficient (Wildman–Crippen LogP) is 4.81. The molecule has 4 rings (SSSR count). The largest absolute Gasteiger partial charge is 0.331 e. The average molecular weight is 491 g/mol. The Bertz CT molecular complexity index is 1400. The molecule has 162 valence electrons. The third-order valence-electron chi connectivity index (χ3n) is 5.63. The number of fused-ring (bicyclic) bond motifs is 1. The van der Waals surface area contributed by atoms with Gasteiger partial charge in [0.25, 0.3) is 5.56 Å². The van der Waals surface area contributed by atoms with Gasteiger partial charge in [0.05, 0.1) is 17.4 Å². The number of benzene rings is 3. The Hall–Kier alpha value is -3.25. The molecule has 0 saturated carbocycles. The molecule has 0 aliphatic rings. The van der Waals surface area contributed by atoms with Crippen molar-refractivity contribution in [3.05, 3.63) is 115 Å². The summed E-state index contributed by atoms with van der Waals surface area (Å²) in [6.45, 7) is 2.43. The van der Waals surface area contributed by atoms with E-state index < -0.39 is 0 Å². The topological polar surface area (TPSA) is 61.1 Å². The van der Waals surface area contributed by atoms with Gasteiger partial charge in [-0.25, -0.2) is 4.79 Å². The van der Waals surface area contributed by atoms with Crippen molar-refractivity contribution in [3.63, 3.8) is 0 Å². The summed E-state index contributed by atoms with van der Waals surface area (Å²) in [6.07, 6.45) is 1.01. The standard InChI is InChI=1S/C26H23BrN2O3/c1-2-24(30)20-13-11-18(12-14-20)17-29-23-10-6-4-8-21(23)25(31)28(26(29)32)16-15-19-7-3-5-9-22(19)27/h3-14H,2,15-17H2,1H3. The number of aromatic nitrogens is 2. The van der Waals surface area contributed by atoms with Crippen molar-refractivity contribution in [2.45, 2.75) is 32.9 Å². The molecule has 4 aromatic rings. The molecule has 32 heavy (non-hydrogen) atoms. The van der Waals surface area contributed by atoms with Crippen LogP contribution >= 0.6 is 15.9 Å². The first-order valence-electron chi connectivity index (χ1n) is 10.6. The first kappa shape index (κ1) is 22.0. The van der Waals surface area contributed by atoms with Crippen LogP contribution in [0.4, 0.5) is 0 Å². The van der Waals surface area contributed by atoms with Gasteiger partial charge in [-0.15, -0.1) is 0 Å². The van der Waals surface area contributed by atoms with Crippen LogP contribution in [0.25, 0.3) is 10.9 Å². The van der Waals surface area contributed by atoms with Crippen LogP contribution in [0.1, 0.15) is 34.8 Å². The lowest BCUT2D eigenvalue weighted by atomic mass is 10.1. The van der Waals surface area contributed by atoms with E-state index in [1.54, 1.807) is 28.8 Å². The summed E-state index contributed by atoms with van der Waals surface area (Å²) in [7, 11) is 0. The highest BCUT2D eigenvalue weighted by atomic mass is 79.9. The number of Topliss-reactive ketones (excluding diaryl/α,β-unsaturated/α-hetero) is 1. The maximum atomic E-state index is 13.4. The number of carbonyl (C=O) groups excluding carboxylic acids is 1. The van der Waals surface area contributed by atoms with Crippen LogP contribution in [-0.4, -0.2) is 14.9 Å². The van der Waals surface area contributed by atoms with Gasteiger partial charge in [-0.2, -0.15) is 0 Å². The Kier molecular flexibility index (Phi) is 6.51. The van der Waals surface area contributed by atoms with E-state index in [1.807, 2.05) is 55.5 Å². The van der Waals surface area contributed by atoms with Gasteiger partial charge < -0.3 is 0 Å². The molecule has 0 bridgehead atoms. The normalized spacial score (nSPS) is 11.1. The Balaban J connectivity index is 1.75. The molecule has 0 amide bonds. The predicted molar refractivity (Wildman–Crippen MR) is 130 cm³/mol. The van der Waals surface area contributed by atoms with E-state index in [9.17, 15) is 14.4 Å². The second-order valence-corrected chi connectivity index (χ2v) is 8.51. The van der Waals surface area contributed by atoms with Crippen LogP contribution in [0.2, 0.25) is 0 Å². The first-order chi connectivity index (χ1) is 15.5. The van der Waals surface area contributed by atoms with E-state index in [1.165, 1.54) is 4.57 Å². The van der Waals surface area contributed by atoms with Crippen LogP contribution in [0, 0.1) is 0 Å². The first-order valence-corrected chi connectivity index (χ1v) is 11.4. The van der Waals surface area contributed by atoms with Crippen LogP contribution < -0.4 is 11.2 Å². The molecular formula is C26H23BrN2O3. The maximum absolute atomic E-state index is 13.4. The fourth-order valence-electron chi connectivity index (χ4n) is 3.84. The summed E-state index contributed by atoms with van der Waals surface area (Å²) in [6, 6.07) is 22.3. The van der Waals surface area contributed by atoms with Crippen LogP contribution in [0.3, 0.4) is 0 Å². The fraction of sp³-hybridized carbons (Fsp3) is 0.192. The third-order valence-corrected chi connectivity index (χ3v) is 6.41. The number of para-hydroxylation sites is 1. The third kappa shape index (κ3) is 4.36. The number of hydrogen-bond donors (Lipinski definition) is 0. The number of aryl methyl sites for hydroxylation is 1. The summed E-state index contributed by atoms with van der Waals surface area (Å²) in [5.74, 6) is 0.0831. The van der Waals surface area contributed by atoms with Crippen molar-refractivity contribution < 1.29 is 4.79 Å².